The number of likely N-dealkylation sites (N-methyl/N-ethyl adjacent to an activating group) is 1. The molecular formula is C19H24BN3OS. The van der Waals surface area contributed by atoms with Gasteiger partial charge in [-0.2, -0.15) is 0 Å². The Morgan fingerprint density at radius 1 is 1.32 bits per heavy atom. The molecule has 0 bridgehead atoms. The molecule has 1 aromatic heterocycles. The Labute approximate surface area is 154 Å². The Balaban J connectivity index is 2.10. The summed E-state index contributed by atoms with van der Waals surface area (Å²) in [5.74, 6) is 0.186. The quantitative estimate of drug-likeness (QED) is 0.831. The first kappa shape index (κ1) is 17.7. The molecule has 1 amide bonds. The molecule has 130 valence electrons. The maximum atomic E-state index is 13.1. The molecule has 25 heavy (non-hydrogen) atoms. The molecule has 0 unspecified atom stereocenters. The molecule has 0 aliphatic carbocycles. The molecular weight excluding hydrogens is 329 g/mol. The van der Waals surface area contributed by atoms with Crippen LogP contribution < -0.4 is 10.8 Å². The average Bonchev–Trinajstić information content (AvgIpc) is 3.00. The lowest BCUT2D eigenvalue weighted by Gasteiger charge is -2.45. The third-order valence-electron chi connectivity index (χ3n) is 5.05. The summed E-state index contributed by atoms with van der Waals surface area (Å²) in [4.78, 5) is 15.6. The predicted molar refractivity (Wildman–Crippen MR) is 107 cm³/mol. The Morgan fingerprint density at radius 2 is 1.96 bits per heavy atom. The minimum atomic E-state index is -0.626. The summed E-state index contributed by atoms with van der Waals surface area (Å²) in [5.41, 5.74) is 2.79. The van der Waals surface area contributed by atoms with Gasteiger partial charge < -0.3 is 5.32 Å². The summed E-state index contributed by atoms with van der Waals surface area (Å²) >= 11 is 1.64. The van der Waals surface area contributed by atoms with Crippen molar-refractivity contribution in [2.24, 2.45) is 0 Å². The zero-order chi connectivity index (χ0) is 18.4. The third kappa shape index (κ3) is 2.99. The fraction of sp³-hybridized carbons (Fsp3) is 0.368. The van der Waals surface area contributed by atoms with E-state index in [4.69, 9.17) is 5.41 Å². The number of nitrogens with one attached hydrogen (secondary N) is 2. The van der Waals surface area contributed by atoms with Crippen molar-refractivity contribution in [2.75, 3.05) is 7.05 Å². The van der Waals surface area contributed by atoms with Crippen LogP contribution in [0, 0.1) is 5.41 Å². The zero-order valence-electron chi connectivity index (χ0n) is 15.4. The standard InChI is InChI=1S/C19H24BN3OS/c1-11(2)12-5-7-13(8-6-12)16-17(24)23(4)18(21)22-19(16,3)15-9-14(20)10-25-15/h5-11,16H,20H2,1-4H3,(H2,21,22)/t16-,19+/m0/s1. The Kier molecular flexibility index (Phi) is 4.50. The van der Waals surface area contributed by atoms with Gasteiger partial charge in [0.15, 0.2) is 5.96 Å². The molecule has 1 fully saturated rings. The molecule has 0 spiro atoms. The molecule has 3 rings (SSSR count). The number of guanidine groups is 1. The van der Waals surface area contributed by atoms with Crippen molar-refractivity contribution in [2.45, 2.75) is 38.1 Å². The zero-order valence-corrected chi connectivity index (χ0v) is 16.2. The summed E-state index contributed by atoms with van der Waals surface area (Å²) < 4.78 is 0. The van der Waals surface area contributed by atoms with E-state index in [0.717, 1.165) is 10.4 Å². The second kappa shape index (κ2) is 6.34. The molecule has 0 saturated carbocycles. The monoisotopic (exact) mass is 353 g/mol. The number of carbonyl (C=O) groups excluding carboxylic acids is 1. The molecule has 1 aliphatic heterocycles. The van der Waals surface area contributed by atoms with E-state index in [2.05, 4.69) is 62.7 Å². The van der Waals surface area contributed by atoms with Crippen molar-refractivity contribution in [3.8, 4) is 0 Å². The van der Waals surface area contributed by atoms with Gasteiger partial charge in [-0.15, -0.1) is 11.3 Å². The van der Waals surface area contributed by atoms with Gasteiger partial charge in [0.05, 0.1) is 11.5 Å². The van der Waals surface area contributed by atoms with E-state index in [1.165, 1.54) is 15.9 Å². The van der Waals surface area contributed by atoms with E-state index in [1.54, 1.807) is 18.4 Å². The van der Waals surface area contributed by atoms with Crippen LogP contribution in [-0.2, 0) is 10.3 Å². The first-order valence-electron chi connectivity index (χ1n) is 8.54. The van der Waals surface area contributed by atoms with E-state index in [9.17, 15) is 4.79 Å². The van der Waals surface area contributed by atoms with E-state index in [1.807, 2.05) is 6.92 Å². The van der Waals surface area contributed by atoms with Crippen molar-refractivity contribution in [1.82, 2.24) is 10.2 Å². The number of benzene rings is 1. The lowest BCUT2D eigenvalue weighted by molar-refractivity contribution is -0.131. The fourth-order valence-electron chi connectivity index (χ4n) is 3.41. The molecule has 1 aromatic carbocycles. The highest BCUT2D eigenvalue weighted by Gasteiger charge is 2.48. The molecule has 2 atom stereocenters. The highest BCUT2D eigenvalue weighted by molar-refractivity contribution is 7.11. The summed E-state index contributed by atoms with van der Waals surface area (Å²) in [6.45, 7) is 6.35. The predicted octanol–water partition coefficient (Wildman–Crippen LogP) is 2.13. The van der Waals surface area contributed by atoms with Crippen LogP contribution in [0.25, 0.3) is 0 Å². The van der Waals surface area contributed by atoms with Crippen LogP contribution >= 0.6 is 11.3 Å². The highest BCUT2D eigenvalue weighted by Crippen LogP contribution is 2.42. The smallest absolute Gasteiger partial charge is 0.239 e. The maximum Gasteiger partial charge on any atom is 0.239 e. The molecule has 2 heterocycles. The number of hydrogen-bond acceptors (Lipinski definition) is 3. The topological polar surface area (TPSA) is 56.2 Å². The average molecular weight is 353 g/mol. The van der Waals surface area contributed by atoms with E-state index >= 15 is 0 Å². The lowest BCUT2D eigenvalue weighted by Crippen LogP contribution is -2.62. The first-order valence-corrected chi connectivity index (χ1v) is 9.41. The SMILES string of the molecule is Bc1csc([C@@]2(C)NC(=N)N(C)C(=O)[C@@H]2c2ccc(C(C)C)cc2)c1. The number of hydrogen-bond donors (Lipinski definition) is 2. The maximum absolute atomic E-state index is 13.1. The van der Waals surface area contributed by atoms with Gasteiger partial charge in [0.25, 0.3) is 0 Å². The van der Waals surface area contributed by atoms with Gasteiger partial charge in [0.1, 0.15) is 7.85 Å². The van der Waals surface area contributed by atoms with Gasteiger partial charge >= 0.3 is 0 Å². The molecule has 6 heteroatoms. The van der Waals surface area contributed by atoms with E-state index in [0.29, 0.717) is 5.92 Å². The van der Waals surface area contributed by atoms with Crippen LogP contribution in [0.1, 0.15) is 48.6 Å². The van der Waals surface area contributed by atoms with Crippen LogP contribution in [0.15, 0.2) is 35.7 Å². The molecule has 2 aromatic rings. The number of thiophene rings is 1. The summed E-state index contributed by atoms with van der Waals surface area (Å²) in [6.07, 6.45) is 0. The van der Waals surface area contributed by atoms with Crippen LogP contribution in [0.5, 0.6) is 0 Å². The highest BCUT2D eigenvalue weighted by atomic mass is 32.1. The number of rotatable bonds is 3. The second-order valence-corrected chi connectivity index (χ2v) is 8.23. The van der Waals surface area contributed by atoms with Gasteiger partial charge in [0.2, 0.25) is 5.91 Å². The van der Waals surface area contributed by atoms with Crippen LogP contribution in [0.3, 0.4) is 0 Å². The fourth-order valence-corrected chi connectivity index (χ4v) is 4.46. The van der Waals surface area contributed by atoms with Gasteiger partial charge in [-0.3, -0.25) is 15.1 Å². The molecule has 1 saturated heterocycles. The van der Waals surface area contributed by atoms with Crippen molar-refractivity contribution >= 4 is 36.5 Å². The van der Waals surface area contributed by atoms with Crippen LogP contribution in [0.4, 0.5) is 0 Å². The van der Waals surface area contributed by atoms with Crippen molar-refractivity contribution in [1.29, 1.82) is 5.41 Å². The first-order chi connectivity index (χ1) is 11.7. The number of nitrogens with zero attached hydrogens (tertiary/aromatic N) is 1. The molecule has 0 radical (unpaired) electrons. The summed E-state index contributed by atoms with van der Waals surface area (Å²) in [5, 5.41) is 13.6. The second-order valence-electron chi connectivity index (χ2n) is 7.32. The summed E-state index contributed by atoms with van der Waals surface area (Å²) in [7, 11) is 3.71. The van der Waals surface area contributed by atoms with Crippen LogP contribution in [-0.4, -0.2) is 31.7 Å². The van der Waals surface area contributed by atoms with Crippen LogP contribution in [0.2, 0.25) is 0 Å². The van der Waals surface area contributed by atoms with E-state index < -0.39 is 5.54 Å². The normalized spacial score (nSPS) is 23.9. The molecule has 2 N–H and O–H groups in total. The minimum Gasteiger partial charge on any atom is -0.345 e. The van der Waals surface area contributed by atoms with Gasteiger partial charge in [-0.05, 0) is 29.3 Å². The van der Waals surface area contributed by atoms with Gasteiger partial charge in [-0.25, -0.2) is 0 Å². The minimum absolute atomic E-state index is 0.0467. The molecule has 1 aliphatic rings. The van der Waals surface area contributed by atoms with Gasteiger partial charge in [-0.1, -0.05) is 49.6 Å². The van der Waals surface area contributed by atoms with Crippen molar-refractivity contribution in [3.05, 3.63) is 51.7 Å². The number of carbonyl (C=O) groups is 1. The van der Waals surface area contributed by atoms with Crippen molar-refractivity contribution < 1.29 is 4.79 Å². The van der Waals surface area contributed by atoms with Crippen molar-refractivity contribution in [3.63, 3.8) is 0 Å². The van der Waals surface area contributed by atoms with Gasteiger partial charge in [0, 0.05) is 11.9 Å². The lowest BCUT2D eigenvalue weighted by atomic mass is 9.76. The largest absolute Gasteiger partial charge is 0.345 e. The Hall–Kier alpha value is -2.08. The van der Waals surface area contributed by atoms with E-state index in [-0.39, 0.29) is 17.8 Å². The Morgan fingerprint density at radius 3 is 2.48 bits per heavy atom. The number of amides is 1. The Bertz CT molecular complexity index is 814. The summed E-state index contributed by atoms with van der Waals surface area (Å²) in [6, 6.07) is 10.4. The molecule has 4 nitrogen and oxygen atoms in total. The third-order valence-corrected chi connectivity index (χ3v) is 6.33.